The van der Waals surface area contributed by atoms with Crippen molar-refractivity contribution in [2.45, 2.75) is 52.9 Å². The number of hydrogen-bond acceptors (Lipinski definition) is 5. The van der Waals surface area contributed by atoms with Crippen LogP contribution in [0.2, 0.25) is 5.02 Å². The lowest BCUT2D eigenvalue weighted by Crippen LogP contribution is -2.49. The molecule has 0 bridgehead atoms. The molecule has 2 aromatic heterocycles. The third kappa shape index (κ3) is 5.46. The van der Waals surface area contributed by atoms with E-state index < -0.39 is 0 Å². The van der Waals surface area contributed by atoms with Crippen molar-refractivity contribution in [2.75, 3.05) is 31.1 Å². The van der Waals surface area contributed by atoms with Crippen LogP contribution in [0.4, 0.5) is 5.82 Å². The molecule has 1 fully saturated rings. The van der Waals surface area contributed by atoms with Gasteiger partial charge in [0, 0.05) is 44.0 Å². The zero-order valence-corrected chi connectivity index (χ0v) is 20.6. The van der Waals surface area contributed by atoms with Gasteiger partial charge < -0.3 is 9.80 Å². The lowest BCUT2D eigenvalue weighted by Gasteiger charge is -2.35. The Bertz CT molecular complexity index is 1100. The molecule has 0 radical (unpaired) electrons. The minimum atomic E-state index is 0.260. The molecule has 1 aromatic carbocycles. The first-order valence-electron chi connectivity index (χ1n) is 12.0. The molecule has 1 saturated heterocycles. The first kappa shape index (κ1) is 23.5. The van der Waals surface area contributed by atoms with Crippen molar-refractivity contribution >= 4 is 34.4 Å². The predicted molar refractivity (Wildman–Crippen MR) is 133 cm³/mol. The molecule has 1 aliphatic heterocycles. The van der Waals surface area contributed by atoms with Crippen molar-refractivity contribution in [3.8, 4) is 5.69 Å². The van der Waals surface area contributed by atoms with E-state index in [1.54, 1.807) is 0 Å². The van der Waals surface area contributed by atoms with Crippen molar-refractivity contribution in [1.29, 1.82) is 0 Å². The number of nitrogens with zero attached hydrogens (tertiary/aromatic N) is 6. The molecule has 0 saturated carbocycles. The van der Waals surface area contributed by atoms with Gasteiger partial charge in [-0.1, -0.05) is 44.9 Å². The summed E-state index contributed by atoms with van der Waals surface area (Å²) in [5.74, 6) is 2.57. The number of carbonyl (C=O) groups excluding carboxylic acids is 1. The summed E-state index contributed by atoms with van der Waals surface area (Å²) >= 11 is 6.24. The molecule has 3 heterocycles. The Morgan fingerprint density at radius 2 is 1.94 bits per heavy atom. The standard InChI is InChI=1S/C25H33ClN6O/c1-4-5-9-23(33)30-12-14-31(15-13-30)24-21-17-27-32(20-8-6-7-19(26)16-20)25(21)29-22(28-24)11-10-18(2)3/h6-8,16-18H,4-5,9-15H2,1-3H3. The van der Waals surface area contributed by atoms with E-state index in [2.05, 4.69) is 30.8 Å². The molecule has 33 heavy (non-hydrogen) atoms. The van der Waals surface area contributed by atoms with Crippen LogP contribution in [0.15, 0.2) is 30.5 Å². The number of anilines is 1. The van der Waals surface area contributed by atoms with Crippen LogP contribution in [0.3, 0.4) is 0 Å². The van der Waals surface area contributed by atoms with Crippen molar-refractivity contribution in [3.05, 3.63) is 41.3 Å². The normalized spacial score (nSPS) is 14.5. The number of rotatable bonds is 8. The first-order valence-corrected chi connectivity index (χ1v) is 12.4. The van der Waals surface area contributed by atoms with Crippen LogP contribution in [0.25, 0.3) is 16.7 Å². The van der Waals surface area contributed by atoms with Crippen LogP contribution in [0.1, 0.15) is 52.3 Å². The van der Waals surface area contributed by atoms with Crippen LogP contribution in [0.5, 0.6) is 0 Å². The minimum Gasteiger partial charge on any atom is -0.352 e. The molecule has 0 N–H and O–H groups in total. The summed E-state index contributed by atoms with van der Waals surface area (Å²) in [5, 5.41) is 6.23. The highest BCUT2D eigenvalue weighted by Gasteiger charge is 2.25. The Morgan fingerprint density at radius 1 is 1.15 bits per heavy atom. The molecule has 7 nitrogen and oxygen atoms in total. The zero-order chi connectivity index (χ0) is 23.4. The molecule has 3 aromatic rings. The topological polar surface area (TPSA) is 67.2 Å². The summed E-state index contributed by atoms with van der Waals surface area (Å²) in [7, 11) is 0. The van der Waals surface area contributed by atoms with E-state index >= 15 is 0 Å². The highest BCUT2D eigenvalue weighted by atomic mass is 35.5. The number of aromatic nitrogens is 4. The zero-order valence-electron chi connectivity index (χ0n) is 19.8. The van der Waals surface area contributed by atoms with E-state index in [-0.39, 0.29) is 5.91 Å². The van der Waals surface area contributed by atoms with Crippen LogP contribution in [0, 0.1) is 5.92 Å². The Hall–Kier alpha value is -2.67. The number of aryl methyl sites for hydroxylation is 1. The van der Waals surface area contributed by atoms with E-state index in [0.717, 1.165) is 80.2 Å². The van der Waals surface area contributed by atoms with Crippen LogP contribution in [-0.4, -0.2) is 56.7 Å². The third-order valence-corrected chi connectivity index (χ3v) is 6.36. The van der Waals surface area contributed by atoms with Gasteiger partial charge in [0.1, 0.15) is 11.6 Å². The Kier molecular flexibility index (Phi) is 7.48. The van der Waals surface area contributed by atoms with Crippen molar-refractivity contribution in [2.24, 2.45) is 5.92 Å². The molecule has 0 spiro atoms. The second kappa shape index (κ2) is 10.5. The number of unbranched alkanes of at least 4 members (excludes halogenated alkanes) is 1. The number of piperazine rings is 1. The maximum absolute atomic E-state index is 12.5. The number of fused-ring (bicyclic) bond motifs is 1. The van der Waals surface area contributed by atoms with E-state index in [1.807, 2.05) is 40.0 Å². The molecular formula is C25H33ClN6O. The maximum Gasteiger partial charge on any atom is 0.222 e. The summed E-state index contributed by atoms with van der Waals surface area (Å²) in [6.07, 6.45) is 6.32. The maximum atomic E-state index is 12.5. The molecule has 1 aliphatic rings. The highest BCUT2D eigenvalue weighted by Crippen LogP contribution is 2.28. The van der Waals surface area contributed by atoms with Gasteiger partial charge in [0.25, 0.3) is 0 Å². The number of amides is 1. The number of carbonyl (C=O) groups is 1. The molecule has 176 valence electrons. The second-order valence-corrected chi connectivity index (χ2v) is 9.58. The van der Waals surface area contributed by atoms with Crippen molar-refractivity contribution in [1.82, 2.24) is 24.6 Å². The molecule has 1 amide bonds. The molecule has 4 rings (SSSR count). The van der Waals surface area contributed by atoms with Crippen LogP contribution < -0.4 is 4.90 Å². The molecular weight excluding hydrogens is 436 g/mol. The van der Waals surface area contributed by atoms with E-state index in [9.17, 15) is 4.79 Å². The van der Waals surface area contributed by atoms with Gasteiger partial charge in [-0.15, -0.1) is 0 Å². The minimum absolute atomic E-state index is 0.260. The Morgan fingerprint density at radius 3 is 2.64 bits per heavy atom. The number of hydrogen-bond donors (Lipinski definition) is 0. The van der Waals surface area contributed by atoms with Gasteiger partial charge in [0.2, 0.25) is 5.91 Å². The van der Waals surface area contributed by atoms with Crippen LogP contribution in [-0.2, 0) is 11.2 Å². The second-order valence-electron chi connectivity index (χ2n) is 9.14. The number of benzene rings is 1. The summed E-state index contributed by atoms with van der Waals surface area (Å²) in [6.45, 7) is 9.50. The van der Waals surface area contributed by atoms with E-state index in [0.29, 0.717) is 17.4 Å². The van der Waals surface area contributed by atoms with Gasteiger partial charge in [0.05, 0.1) is 17.3 Å². The molecule has 0 aliphatic carbocycles. The SMILES string of the molecule is CCCCC(=O)N1CCN(c2nc(CCC(C)C)nc3c2cnn3-c2cccc(Cl)c2)CC1. The monoisotopic (exact) mass is 468 g/mol. The number of halogens is 1. The molecule has 0 atom stereocenters. The van der Waals surface area contributed by atoms with E-state index in [1.165, 1.54) is 0 Å². The predicted octanol–water partition coefficient (Wildman–Crippen LogP) is 4.90. The fourth-order valence-corrected chi connectivity index (χ4v) is 4.34. The first-order chi connectivity index (χ1) is 16.0. The largest absolute Gasteiger partial charge is 0.352 e. The van der Waals surface area contributed by atoms with Gasteiger partial charge in [-0.2, -0.15) is 5.10 Å². The summed E-state index contributed by atoms with van der Waals surface area (Å²) < 4.78 is 1.84. The lowest BCUT2D eigenvalue weighted by atomic mass is 10.1. The van der Waals surface area contributed by atoms with Crippen LogP contribution >= 0.6 is 11.6 Å². The van der Waals surface area contributed by atoms with Gasteiger partial charge in [-0.25, -0.2) is 14.6 Å². The smallest absolute Gasteiger partial charge is 0.222 e. The fourth-order valence-electron chi connectivity index (χ4n) is 4.16. The Balaban J connectivity index is 1.65. The average molecular weight is 469 g/mol. The van der Waals surface area contributed by atoms with Crippen molar-refractivity contribution < 1.29 is 4.79 Å². The highest BCUT2D eigenvalue weighted by molar-refractivity contribution is 6.30. The molecule has 0 unspecified atom stereocenters. The lowest BCUT2D eigenvalue weighted by molar-refractivity contribution is -0.131. The Labute approximate surface area is 200 Å². The van der Waals surface area contributed by atoms with Crippen molar-refractivity contribution in [3.63, 3.8) is 0 Å². The fraction of sp³-hybridized carbons (Fsp3) is 0.520. The molecule has 8 heteroatoms. The summed E-state index contributed by atoms with van der Waals surface area (Å²) in [6, 6.07) is 7.65. The van der Waals surface area contributed by atoms with Gasteiger partial charge in [0.15, 0.2) is 5.65 Å². The van der Waals surface area contributed by atoms with E-state index in [4.69, 9.17) is 21.6 Å². The summed E-state index contributed by atoms with van der Waals surface area (Å²) in [5.41, 5.74) is 1.67. The quantitative estimate of drug-likeness (QED) is 0.470. The van der Waals surface area contributed by atoms with Gasteiger partial charge >= 0.3 is 0 Å². The third-order valence-electron chi connectivity index (χ3n) is 6.13. The summed E-state index contributed by atoms with van der Waals surface area (Å²) in [4.78, 5) is 26.6. The van der Waals surface area contributed by atoms with Gasteiger partial charge in [-0.3, -0.25) is 4.79 Å². The van der Waals surface area contributed by atoms with Gasteiger partial charge in [-0.05, 0) is 37.0 Å². The average Bonchev–Trinajstić information content (AvgIpc) is 3.25.